The van der Waals surface area contributed by atoms with Crippen molar-refractivity contribution >= 4 is 11.7 Å². The molecule has 6 nitrogen and oxygen atoms in total. The largest absolute Gasteiger partial charge is 0.352 e. The molecule has 3 rings (SSSR count). The van der Waals surface area contributed by atoms with Crippen molar-refractivity contribution < 1.29 is 4.79 Å². The number of nitrogens with one attached hydrogen (secondary N) is 1. The molecule has 0 unspecified atom stereocenters. The fourth-order valence-corrected chi connectivity index (χ4v) is 3.17. The van der Waals surface area contributed by atoms with Crippen LogP contribution in [0.3, 0.4) is 0 Å². The molecule has 1 aliphatic rings. The van der Waals surface area contributed by atoms with Gasteiger partial charge in [-0.25, -0.2) is 15.0 Å². The van der Waals surface area contributed by atoms with Crippen LogP contribution in [0.5, 0.6) is 0 Å². The Morgan fingerprint density at radius 2 is 2.17 bits per heavy atom. The fourth-order valence-electron chi connectivity index (χ4n) is 3.17. The van der Waals surface area contributed by atoms with Crippen molar-refractivity contribution in [1.29, 1.82) is 0 Å². The van der Waals surface area contributed by atoms with E-state index in [2.05, 4.69) is 20.2 Å². The maximum absolute atomic E-state index is 11.3. The third-order valence-electron chi connectivity index (χ3n) is 4.28. The van der Waals surface area contributed by atoms with Crippen LogP contribution in [-0.2, 0) is 11.3 Å². The van der Waals surface area contributed by atoms with E-state index in [-0.39, 0.29) is 11.9 Å². The van der Waals surface area contributed by atoms with E-state index in [9.17, 15) is 4.79 Å². The predicted octanol–water partition coefficient (Wildman–Crippen LogP) is 2.47. The summed E-state index contributed by atoms with van der Waals surface area (Å²) in [7, 11) is 0. The molecular formula is C18H23N5O. The number of hydrogen-bond donors (Lipinski definition) is 1. The number of pyridine rings is 1. The smallest absolute Gasteiger partial charge is 0.217 e. The molecule has 0 radical (unpaired) electrons. The summed E-state index contributed by atoms with van der Waals surface area (Å²) in [6.07, 6.45) is 3.95. The van der Waals surface area contributed by atoms with Crippen LogP contribution in [0.2, 0.25) is 0 Å². The van der Waals surface area contributed by atoms with Gasteiger partial charge in [-0.15, -0.1) is 0 Å². The molecule has 2 aromatic heterocycles. The van der Waals surface area contributed by atoms with E-state index in [0.717, 1.165) is 48.0 Å². The predicted molar refractivity (Wildman–Crippen MR) is 92.6 cm³/mol. The molecule has 1 atom stereocenters. The van der Waals surface area contributed by atoms with Crippen LogP contribution in [0.1, 0.15) is 48.6 Å². The highest BCUT2D eigenvalue weighted by Crippen LogP contribution is 2.35. The molecule has 1 aliphatic heterocycles. The van der Waals surface area contributed by atoms with Gasteiger partial charge in [0, 0.05) is 37.5 Å². The number of aryl methyl sites for hydroxylation is 2. The molecule has 1 N–H and O–H groups in total. The molecular weight excluding hydrogens is 302 g/mol. The molecule has 6 heteroatoms. The molecule has 0 aliphatic carbocycles. The van der Waals surface area contributed by atoms with E-state index >= 15 is 0 Å². The zero-order valence-corrected chi connectivity index (χ0v) is 14.4. The summed E-state index contributed by atoms with van der Waals surface area (Å²) in [5.41, 5.74) is 2.98. The lowest BCUT2D eigenvalue weighted by Gasteiger charge is -2.27. The second-order valence-corrected chi connectivity index (χ2v) is 6.23. The van der Waals surface area contributed by atoms with Crippen LogP contribution < -0.4 is 10.2 Å². The normalized spacial score (nSPS) is 17.1. The lowest BCUT2D eigenvalue weighted by molar-refractivity contribution is -0.119. The highest BCUT2D eigenvalue weighted by molar-refractivity contribution is 5.72. The van der Waals surface area contributed by atoms with Gasteiger partial charge in [0.15, 0.2) is 0 Å². The quantitative estimate of drug-likeness (QED) is 0.935. The lowest BCUT2D eigenvalue weighted by Crippen LogP contribution is -2.27. The average molecular weight is 325 g/mol. The Bertz CT molecular complexity index is 746. The summed E-state index contributed by atoms with van der Waals surface area (Å²) in [5, 5.41) is 2.86. The minimum absolute atomic E-state index is 0.0508. The van der Waals surface area contributed by atoms with Gasteiger partial charge in [0.2, 0.25) is 5.91 Å². The first-order chi connectivity index (χ1) is 11.5. The second-order valence-electron chi connectivity index (χ2n) is 6.23. The van der Waals surface area contributed by atoms with Gasteiger partial charge in [-0.1, -0.05) is 6.07 Å². The molecule has 126 valence electrons. The van der Waals surface area contributed by atoms with Crippen molar-refractivity contribution in [3.8, 4) is 0 Å². The Kier molecular flexibility index (Phi) is 4.74. The van der Waals surface area contributed by atoms with Gasteiger partial charge in [-0.2, -0.15) is 0 Å². The molecule has 1 amide bonds. The standard InChI is InChI=1S/C18H23N5O/c1-12-6-4-8-17(21-12)23-9-5-7-16(23)18-15(11-20-14(3)24)10-19-13(2)22-18/h4,6,8,10,16H,5,7,9,11H2,1-3H3,(H,20,24)/t16-/m0/s1. The molecule has 2 aromatic rings. The first-order valence-electron chi connectivity index (χ1n) is 8.32. The Hall–Kier alpha value is -2.50. The molecule has 3 heterocycles. The summed E-state index contributed by atoms with van der Waals surface area (Å²) >= 11 is 0. The maximum Gasteiger partial charge on any atom is 0.217 e. The highest BCUT2D eigenvalue weighted by Gasteiger charge is 2.30. The molecule has 0 spiro atoms. The van der Waals surface area contributed by atoms with Crippen LogP contribution in [-0.4, -0.2) is 27.4 Å². The fraction of sp³-hybridized carbons (Fsp3) is 0.444. The zero-order chi connectivity index (χ0) is 17.1. The second kappa shape index (κ2) is 6.95. The summed E-state index contributed by atoms with van der Waals surface area (Å²) in [4.78, 5) is 27.3. The van der Waals surface area contributed by atoms with Crippen LogP contribution in [0.25, 0.3) is 0 Å². The highest BCUT2D eigenvalue weighted by atomic mass is 16.1. The van der Waals surface area contributed by atoms with Crippen molar-refractivity contribution in [3.63, 3.8) is 0 Å². The van der Waals surface area contributed by atoms with Crippen molar-refractivity contribution in [2.45, 2.75) is 46.2 Å². The average Bonchev–Trinajstić information content (AvgIpc) is 3.03. The number of carbonyl (C=O) groups is 1. The number of hydrogen-bond acceptors (Lipinski definition) is 5. The Balaban J connectivity index is 1.94. The lowest BCUT2D eigenvalue weighted by atomic mass is 10.1. The Labute approximate surface area is 142 Å². The maximum atomic E-state index is 11.3. The molecule has 0 saturated carbocycles. The monoisotopic (exact) mass is 325 g/mol. The van der Waals surface area contributed by atoms with E-state index in [4.69, 9.17) is 4.98 Å². The van der Waals surface area contributed by atoms with Crippen molar-refractivity contribution in [3.05, 3.63) is 47.2 Å². The Morgan fingerprint density at radius 3 is 2.92 bits per heavy atom. The molecule has 1 fully saturated rings. The van der Waals surface area contributed by atoms with Gasteiger partial charge < -0.3 is 10.2 Å². The molecule has 0 aromatic carbocycles. The number of anilines is 1. The van der Waals surface area contributed by atoms with Gasteiger partial charge in [0.05, 0.1) is 11.7 Å². The number of nitrogens with zero attached hydrogens (tertiary/aromatic N) is 4. The van der Waals surface area contributed by atoms with Crippen molar-refractivity contribution in [2.24, 2.45) is 0 Å². The zero-order valence-electron chi connectivity index (χ0n) is 14.4. The van der Waals surface area contributed by atoms with Gasteiger partial charge in [0.25, 0.3) is 0 Å². The van der Waals surface area contributed by atoms with E-state index in [1.807, 2.05) is 38.2 Å². The van der Waals surface area contributed by atoms with Crippen LogP contribution >= 0.6 is 0 Å². The Morgan fingerprint density at radius 1 is 1.33 bits per heavy atom. The number of carbonyl (C=O) groups excluding carboxylic acids is 1. The third kappa shape index (κ3) is 3.53. The first kappa shape index (κ1) is 16.4. The number of amides is 1. The topological polar surface area (TPSA) is 71.0 Å². The summed E-state index contributed by atoms with van der Waals surface area (Å²) in [5.74, 6) is 1.69. The van der Waals surface area contributed by atoms with Crippen LogP contribution in [0, 0.1) is 13.8 Å². The van der Waals surface area contributed by atoms with Gasteiger partial charge in [-0.05, 0) is 38.8 Å². The van der Waals surface area contributed by atoms with Gasteiger partial charge >= 0.3 is 0 Å². The van der Waals surface area contributed by atoms with Gasteiger partial charge in [0.1, 0.15) is 11.6 Å². The molecule has 0 bridgehead atoms. The number of rotatable bonds is 4. The minimum atomic E-state index is -0.0508. The third-order valence-corrected chi connectivity index (χ3v) is 4.28. The summed E-state index contributed by atoms with van der Waals surface area (Å²) < 4.78 is 0. The van der Waals surface area contributed by atoms with E-state index in [0.29, 0.717) is 6.54 Å². The van der Waals surface area contributed by atoms with Gasteiger partial charge in [-0.3, -0.25) is 4.79 Å². The summed E-state index contributed by atoms with van der Waals surface area (Å²) in [6.45, 7) is 6.84. The van der Waals surface area contributed by atoms with Crippen LogP contribution in [0.15, 0.2) is 24.4 Å². The molecule has 24 heavy (non-hydrogen) atoms. The van der Waals surface area contributed by atoms with E-state index < -0.39 is 0 Å². The van der Waals surface area contributed by atoms with E-state index in [1.54, 1.807) is 0 Å². The van der Waals surface area contributed by atoms with Crippen LogP contribution in [0.4, 0.5) is 5.82 Å². The number of aromatic nitrogens is 3. The SMILES string of the molecule is CC(=O)NCc1cnc(C)nc1[C@@H]1CCCN1c1cccc(C)n1. The summed E-state index contributed by atoms with van der Waals surface area (Å²) in [6, 6.07) is 6.26. The van der Waals surface area contributed by atoms with Crippen molar-refractivity contribution in [2.75, 3.05) is 11.4 Å². The van der Waals surface area contributed by atoms with Crippen molar-refractivity contribution in [1.82, 2.24) is 20.3 Å². The molecule has 1 saturated heterocycles. The first-order valence-corrected chi connectivity index (χ1v) is 8.32. The van der Waals surface area contributed by atoms with E-state index in [1.165, 1.54) is 6.92 Å². The minimum Gasteiger partial charge on any atom is -0.352 e.